The molecule has 3 rings (SSSR count). The molecule has 0 aliphatic carbocycles. The number of rotatable bonds is 10. The second-order valence-electron chi connectivity index (χ2n) is 6.35. The van der Waals surface area contributed by atoms with Crippen LogP contribution in [0.15, 0.2) is 65.6 Å². The molecule has 0 radical (unpaired) electrons. The Hall–Kier alpha value is -2.62. The molecule has 3 aromatic rings. The molecule has 1 amide bonds. The summed E-state index contributed by atoms with van der Waals surface area (Å²) in [5.74, 6) is -0.312. The van der Waals surface area contributed by atoms with Crippen LogP contribution >= 0.6 is 11.3 Å². The molecule has 29 heavy (non-hydrogen) atoms. The van der Waals surface area contributed by atoms with E-state index >= 15 is 0 Å². The van der Waals surface area contributed by atoms with Crippen LogP contribution in [0.4, 0.5) is 5.13 Å². The molecular weight excluding hydrogens is 408 g/mol. The monoisotopic (exact) mass is 430 g/mol. The van der Waals surface area contributed by atoms with Crippen LogP contribution in [0.5, 0.6) is 0 Å². The number of aromatic nitrogens is 2. The second-order valence-corrected chi connectivity index (χ2v) is 9.18. The highest BCUT2D eigenvalue weighted by Crippen LogP contribution is 2.17. The zero-order chi connectivity index (χ0) is 20.5. The highest BCUT2D eigenvalue weighted by molar-refractivity contribution is 7.89. The lowest BCUT2D eigenvalue weighted by atomic mass is 10.1. The number of carbonyl (C=O) groups excluding carboxylic acids is 1. The van der Waals surface area contributed by atoms with Gasteiger partial charge in [0.05, 0.1) is 4.90 Å². The van der Waals surface area contributed by atoms with Crippen molar-refractivity contribution < 1.29 is 13.2 Å². The van der Waals surface area contributed by atoms with Crippen LogP contribution in [0.25, 0.3) is 0 Å². The number of sulfonamides is 1. The van der Waals surface area contributed by atoms with Gasteiger partial charge in [-0.3, -0.25) is 4.79 Å². The van der Waals surface area contributed by atoms with Gasteiger partial charge >= 0.3 is 0 Å². The maximum absolute atomic E-state index is 12.1. The van der Waals surface area contributed by atoms with Crippen LogP contribution in [-0.4, -0.2) is 31.1 Å². The van der Waals surface area contributed by atoms with Gasteiger partial charge in [-0.25, -0.2) is 13.1 Å². The zero-order valence-corrected chi connectivity index (χ0v) is 17.4. The molecule has 2 N–H and O–H groups in total. The van der Waals surface area contributed by atoms with E-state index in [1.807, 2.05) is 18.2 Å². The Morgan fingerprint density at radius 3 is 2.34 bits per heavy atom. The first kappa shape index (κ1) is 21.1. The van der Waals surface area contributed by atoms with Crippen molar-refractivity contribution in [2.24, 2.45) is 0 Å². The van der Waals surface area contributed by atoms with Gasteiger partial charge in [0.15, 0.2) is 0 Å². The molecule has 0 saturated carbocycles. The van der Waals surface area contributed by atoms with Crippen LogP contribution in [0, 0.1) is 0 Å². The lowest BCUT2D eigenvalue weighted by Crippen LogP contribution is -2.27. The molecule has 152 valence electrons. The number of anilines is 1. The van der Waals surface area contributed by atoms with E-state index in [2.05, 4.69) is 32.4 Å². The number of aryl methyl sites for hydroxylation is 2. The van der Waals surface area contributed by atoms with E-state index in [1.165, 1.54) is 29.0 Å². The first-order valence-electron chi connectivity index (χ1n) is 9.24. The summed E-state index contributed by atoms with van der Waals surface area (Å²) in [6.45, 7) is 0.00575. The van der Waals surface area contributed by atoms with Crippen LogP contribution in [0.1, 0.15) is 23.4 Å². The lowest BCUT2D eigenvalue weighted by molar-refractivity contribution is -0.116. The third kappa shape index (κ3) is 6.74. The zero-order valence-electron chi connectivity index (χ0n) is 15.7. The van der Waals surface area contributed by atoms with E-state index in [9.17, 15) is 13.2 Å². The average Bonchev–Trinajstić information content (AvgIpc) is 3.16. The van der Waals surface area contributed by atoms with Gasteiger partial charge in [-0.2, -0.15) is 0 Å². The Morgan fingerprint density at radius 1 is 0.931 bits per heavy atom. The number of hydrogen-bond donors (Lipinski definition) is 2. The van der Waals surface area contributed by atoms with Crippen molar-refractivity contribution in [1.82, 2.24) is 14.9 Å². The van der Waals surface area contributed by atoms with E-state index < -0.39 is 10.0 Å². The van der Waals surface area contributed by atoms with Gasteiger partial charge in [0.1, 0.15) is 5.01 Å². The molecule has 0 saturated heterocycles. The highest BCUT2D eigenvalue weighted by Gasteiger charge is 2.14. The molecule has 0 aliphatic rings. The van der Waals surface area contributed by atoms with Crippen LogP contribution in [0.2, 0.25) is 0 Å². The summed E-state index contributed by atoms with van der Waals surface area (Å²) in [5, 5.41) is 12.0. The molecule has 0 aliphatic heterocycles. The number of nitrogens with zero attached hydrogens (tertiary/aromatic N) is 2. The van der Waals surface area contributed by atoms with E-state index in [0.29, 0.717) is 5.13 Å². The van der Waals surface area contributed by atoms with Crippen molar-refractivity contribution in [3.05, 3.63) is 71.2 Å². The third-order valence-corrected chi connectivity index (χ3v) is 6.49. The number of benzene rings is 2. The smallest absolute Gasteiger partial charge is 0.240 e. The van der Waals surface area contributed by atoms with Gasteiger partial charge in [0.25, 0.3) is 0 Å². The maximum Gasteiger partial charge on any atom is 0.240 e. The number of carbonyl (C=O) groups is 1. The number of nitrogens with one attached hydrogen (secondary N) is 2. The summed E-state index contributed by atoms with van der Waals surface area (Å²) in [6, 6.07) is 18.3. The van der Waals surface area contributed by atoms with Gasteiger partial charge in [0.2, 0.25) is 21.1 Å². The fourth-order valence-corrected chi connectivity index (χ4v) is 4.51. The molecule has 0 bridgehead atoms. The standard InChI is InChI=1S/C20H22N4O3S2/c25-18(14-15-21-29(26,27)17-11-5-2-6-12-17)22-20-24-23-19(28-20)13-7-10-16-8-3-1-4-9-16/h1-6,8-9,11-12,21H,7,10,13-15H2,(H,22,24,25). The van der Waals surface area contributed by atoms with E-state index in [1.54, 1.807) is 18.2 Å². The highest BCUT2D eigenvalue weighted by atomic mass is 32.2. The SMILES string of the molecule is O=C(CCNS(=O)(=O)c1ccccc1)Nc1nnc(CCCc2ccccc2)s1. The molecule has 9 heteroatoms. The molecule has 2 aromatic carbocycles. The molecule has 1 aromatic heterocycles. The lowest BCUT2D eigenvalue weighted by Gasteiger charge is -2.06. The quantitative estimate of drug-likeness (QED) is 0.515. The van der Waals surface area contributed by atoms with Crippen molar-refractivity contribution >= 4 is 32.4 Å². The van der Waals surface area contributed by atoms with Crippen molar-refractivity contribution in [3.63, 3.8) is 0 Å². The summed E-state index contributed by atoms with van der Waals surface area (Å²) < 4.78 is 26.6. The van der Waals surface area contributed by atoms with Crippen molar-refractivity contribution in [3.8, 4) is 0 Å². The molecule has 0 unspecified atom stereocenters. The van der Waals surface area contributed by atoms with Crippen molar-refractivity contribution in [1.29, 1.82) is 0 Å². The Balaban J connectivity index is 1.39. The molecular formula is C20H22N4O3S2. The van der Waals surface area contributed by atoms with E-state index in [0.717, 1.165) is 24.3 Å². The topological polar surface area (TPSA) is 101 Å². The first-order valence-corrected chi connectivity index (χ1v) is 11.5. The predicted molar refractivity (Wildman–Crippen MR) is 113 cm³/mol. The average molecular weight is 431 g/mol. The van der Waals surface area contributed by atoms with Gasteiger partial charge in [-0.1, -0.05) is 59.9 Å². The fourth-order valence-electron chi connectivity index (χ4n) is 2.66. The van der Waals surface area contributed by atoms with Gasteiger partial charge in [-0.15, -0.1) is 10.2 Å². The largest absolute Gasteiger partial charge is 0.300 e. The predicted octanol–water partition coefficient (Wildman–Crippen LogP) is 3.02. The van der Waals surface area contributed by atoms with E-state index in [4.69, 9.17) is 0 Å². The Morgan fingerprint density at radius 2 is 1.62 bits per heavy atom. The van der Waals surface area contributed by atoms with Gasteiger partial charge < -0.3 is 5.32 Å². The molecule has 0 fully saturated rings. The van der Waals surface area contributed by atoms with Crippen LogP contribution < -0.4 is 10.0 Å². The van der Waals surface area contributed by atoms with Crippen molar-refractivity contribution in [2.75, 3.05) is 11.9 Å². The first-order chi connectivity index (χ1) is 14.0. The van der Waals surface area contributed by atoms with Gasteiger partial charge in [-0.05, 0) is 30.5 Å². The van der Waals surface area contributed by atoms with Gasteiger partial charge in [0, 0.05) is 19.4 Å². The molecule has 0 spiro atoms. The molecule has 7 nitrogen and oxygen atoms in total. The normalized spacial score (nSPS) is 11.3. The maximum atomic E-state index is 12.1. The Labute approximate surface area is 174 Å². The minimum atomic E-state index is -3.61. The second kappa shape index (κ2) is 10.2. The number of amides is 1. The van der Waals surface area contributed by atoms with Crippen LogP contribution in [-0.2, 0) is 27.7 Å². The third-order valence-electron chi connectivity index (χ3n) is 4.11. The molecule has 1 heterocycles. The summed E-state index contributed by atoms with van der Waals surface area (Å²) in [4.78, 5) is 12.2. The summed E-state index contributed by atoms with van der Waals surface area (Å²) >= 11 is 1.34. The summed E-state index contributed by atoms with van der Waals surface area (Å²) in [5.41, 5.74) is 1.28. The fraction of sp³-hybridized carbons (Fsp3) is 0.250. The van der Waals surface area contributed by atoms with Crippen molar-refractivity contribution in [2.45, 2.75) is 30.6 Å². The Kier molecular flexibility index (Phi) is 7.45. The number of hydrogen-bond acceptors (Lipinski definition) is 6. The Bertz CT molecular complexity index is 1020. The minimum Gasteiger partial charge on any atom is -0.300 e. The van der Waals surface area contributed by atoms with E-state index in [-0.39, 0.29) is 23.8 Å². The summed E-state index contributed by atoms with van der Waals surface area (Å²) in [7, 11) is -3.61. The summed E-state index contributed by atoms with van der Waals surface area (Å²) in [6.07, 6.45) is 2.71. The molecule has 0 atom stereocenters. The van der Waals surface area contributed by atoms with Crippen LogP contribution in [0.3, 0.4) is 0 Å². The minimum absolute atomic E-state index is 0.00575.